The molecule has 3 aromatic rings. The number of aliphatic hydroxyl groups is 1. The summed E-state index contributed by atoms with van der Waals surface area (Å²) >= 11 is 2.94. The maximum absolute atomic E-state index is 13.3. The quantitative estimate of drug-likeness (QED) is 0.495. The normalized spacial score (nSPS) is 23.1. The number of amides is 1. The zero-order valence-electron chi connectivity index (χ0n) is 19.5. The first kappa shape index (κ1) is 23.3. The Morgan fingerprint density at radius 3 is 2.65 bits per heavy atom. The van der Waals surface area contributed by atoms with Crippen molar-refractivity contribution in [3.63, 3.8) is 0 Å². The van der Waals surface area contributed by atoms with Gasteiger partial charge in [-0.15, -0.1) is 22.7 Å². The molecule has 0 aromatic carbocycles. The SMILES string of the molecule is COC1C[C@H]2CCC[C@@H](C1)N2C(=O)c1ccc(Nc2nc(-c3sc(C(C)O)nc3C)cs2)nc1. The zero-order valence-corrected chi connectivity index (χ0v) is 21.2. The highest BCUT2D eigenvalue weighted by Crippen LogP contribution is 2.37. The highest BCUT2D eigenvalue weighted by Gasteiger charge is 2.41. The van der Waals surface area contributed by atoms with Crippen molar-refractivity contribution < 1.29 is 14.6 Å². The van der Waals surface area contributed by atoms with Crippen LogP contribution in [0, 0.1) is 6.92 Å². The maximum atomic E-state index is 13.3. The molecule has 0 radical (unpaired) electrons. The standard InChI is InChI=1S/C24H29N5O3S2/c1-13-21(34-22(26-13)14(2)30)19-12-33-24(27-19)28-20-8-7-15(11-25-20)23(31)29-16-5-4-6-17(29)10-18(9-16)32-3/h7-8,11-12,14,16-18,30H,4-6,9-10H2,1-3H3,(H,25,27,28)/t14?,16-,17+,18?. The molecule has 2 unspecified atom stereocenters. The average molecular weight is 500 g/mol. The molecule has 34 heavy (non-hydrogen) atoms. The number of carbonyl (C=O) groups is 1. The van der Waals surface area contributed by atoms with Gasteiger partial charge >= 0.3 is 0 Å². The van der Waals surface area contributed by atoms with Crippen LogP contribution in [0.25, 0.3) is 10.6 Å². The molecule has 3 aromatic heterocycles. The van der Waals surface area contributed by atoms with E-state index in [1.54, 1.807) is 20.2 Å². The number of fused-ring (bicyclic) bond motifs is 2. The van der Waals surface area contributed by atoms with Gasteiger partial charge in [0.25, 0.3) is 5.91 Å². The van der Waals surface area contributed by atoms with Crippen LogP contribution in [0.5, 0.6) is 0 Å². The van der Waals surface area contributed by atoms with Crippen LogP contribution in [0.3, 0.4) is 0 Å². The van der Waals surface area contributed by atoms with Crippen molar-refractivity contribution >= 4 is 39.5 Å². The molecule has 8 nitrogen and oxygen atoms in total. The van der Waals surface area contributed by atoms with E-state index < -0.39 is 6.10 Å². The van der Waals surface area contributed by atoms with Gasteiger partial charge in [-0.2, -0.15) is 0 Å². The minimum atomic E-state index is -0.593. The number of hydrogen-bond acceptors (Lipinski definition) is 9. The molecular formula is C24H29N5O3S2. The van der Waals surface area contributed by atoms with Crippen molar-refractivity contribution in [3.8, 4) is 10.6 Å². The number of aromatic nitrogens is 3. The van der Waals surface area contributed by atoms with Gasteiger partial charge in [-0.3, -0.25) is 4.79 Å². The molecule has 5 heterocycles. The van der Waals surface area contributed by atoms with Crippen LogP contribution in [0.4, 0.5) is 10.9 Å². The number of anilines is 2. The summed E-state index contributed by atoms with van der Waals surface area (Å²) in [6.45, 7) is 3.64. The first-order chi connectivity index (χ1) is 16.4. The molecule has 2 aliphatic rings. The second kappa shape index (κ2) is 9.69. The Hall–Kier alpha value is -2.40. The molecule has 2 aliphatic heterocycles. The summed E-state index contributed by atoms with van der Waals surface area (Å²) in [4.78, 5) is 29.9. The molecule has 10 heteroatoms. The van der Waals surface area contributed by atoms with E-state index in [9.17, 15) is 9.90 Å². The molecule has 2 N–H and O–H groups in total. The summed E-state index contributed by atoms with van der Waals surface area (Å²) in [5.74, 6) is 0.704. The highest BCUT2D eigenvalue weighted by molar-refractivity contribution is 7.17. The third kappa shape index (κ3) is 4.59. The molecule has 0 saturated carbocycles. The molecular weight excluding hydrogens is 470 g/mol. The fourth-order valence-corrected chi connectivity index (χ4v) is 6.73. The lowest BCUT2D eigenvalue weighted by atomic mass is 9.82. The number of piperidine rings is 2. The fraction of sp³-hybridized carbons (Fsp3) is 0.500. The Morgan fingerprint density at radius 2 is 2.03 bits per heavy atom. The molecule has 5 rings (SSSR count). The summed E-state index contributed by atoms with van der Waals surface area (Å²) in [5.41, 5.74) is 2.30. The van der Waals surface area contributed by atoms with Crippen molar-refractivity contribution in [3.05, 3.63) is 40.0 Å². The number of carbonyl (C=O) groups excluding carboxylic acids is 1. The van der Waals surface area contributed by atoms with Gasteiger partial charge < -0.3 is 20.1 Å². The Kier molecular flexibility index (Phi) is 6.65. The molecule has 2 bridgehead atoms. The van der Waals surface area contributed by atoms with Gasteiger partial charge in [-0.05, 0) is 58.1 Å². The van der Waals surface area contributed by atoms with Gasteiger partial charge in [0.15, 0.2) is 5.13 Å². The monoisotopic (exact) mass is 499 g/mol. The van der Waals surface area contributed by atoms with Gasteiger partial charge in [0, 0.05) is 30.8 Å². The van der Waals surface area contributed by atoms with Crippen LogP contribution in [0.2, 0.25) is 0 Å². The first-order valence-corrected chi connectivity index (χ1v) is 13.3. The number of nitrogens with one attached hydrogen (secondary N) is 1. The molecule has 2 fully saturated rings. The van der Waals surface area contributed by atoms with Crippen LogP contribution in [-0.2, 0) is 4.74 Å². The van der Waals surface area contributed by atoms with E-state index in [1.165, 1.54) is 29.1 Å². The average Bonchev–Trinajstić information content (AvgIpc) is 3.44. The predicted octanol–water partition coefficient (Wildman–Crippen LogP) is 4.94. The van der Waals surface area contributed by atoms with Crippen molar-refractivity contribution in [1.82, 2.24) is 19.9 Å². The zero-order chi connectivity index (χ0) is 23.8. The van der Waals surface area contributed by atoms with E-state index in [0.29, 0.717) is 21.5 Å². The fourth-order valence-electron chi connectivity index (χ4n) is 4.98. The summed E-state index contributed by atoms with van der Waals surface area (Å²) in [6.07, 6.45) is 6.39. The highest BCUT2D eigenvalue weighted by atomic mass is 32.1. The Labute approximate surface area is 207 Å². The van der Waals surface area contributed by atoms with Crippen LogP contribution < -0.4 is 5.32 Å². The molecule has 0 aliphatic carbocycles. The lowest BCUT2D eigenvalue weighted by Gasteiger charge is -2.48. The summed E-state index contributed by atoms with van der Waals surface area (Å²) in [7, 11) is 1.77. The maximum Gasteiger partial charge on any atom is 0.255 e. The molecule has 1 amide bonds. The summed E-state index contributed by atoms with van der Waals surface area (Å²) in [5, 5.41) is 16.4. The van der Waals surface area contributed by atoms with E-state index in [1.807, 2.05) is 24.4 Å². The summed E-state index contributed by atoms with van der Waals surface area (Å²) in [6, 6.07) is 4.17. The van der Waals surface area contributed by atoms with Gasteiger partial charge in [0.05, 0.1) is 27.9 Å². The van der Waals surface area contributed by atoms with E-state index >= 15 is 0 Å². The van der Waals surface area contributed by atoms with Gasteiger partial charge in [0.2, 0.25) is 0 Å². The van der Waals surface area contributed by atoms with Crippen molar-refractivity contribution in [2.45, 2.75) is 70.2 Å². The largest absolute Gasteiger partial charge is 0.386 e. The molecule has 0 spiro atoms. The van der Waals surface area contributed by atoms with E-state index in [-0.39, 0.29) is 24.1 Å². The van der Waals surface area contributed by atoms with Crippen molar-refractivity contribution in [1.29, 1.82) is 0 Å². The Morgan fingerprint density at radius 1 is 1.26 bits per heavy atom. The first-order valence-electron chi connectivity index (χ1n) is 11.6. The number of aliphatic hydroxyl groups excluding tert-OH is 1. The van der Waals surface area contributed by atoms with Crippen LogP contribution in [0.15, 0.2) is 23.7 Å². The van der Waals surface area contributed by atoms with Gasteiger partial charge in [-0.25, -0.2) is 15.0 Å². The van der Waals surface area contributed by atoms with Gasteiger partial charge in [-0.1, -0.05) is 0 Å². The Balaban J connectivity index is 1.27. The number of hydrogen-bond donors (Lipinski definition) is 2. The number of thiazole rings is 2. The minimum absolute atomic E-state index is 0.0643. The molecule has 4 atom stereocenters. The van der Waals surface area contributed by atoms with Crippen molar-refractivity contribution in [2.24, 2.45) is 0 Å². The second-order valence-corrected chi connectivity index (χ2v) is 10.9. The number of methoxy groups -OCH3 is 1. The van der Waals surface area contributed by atoms with Crippen LogP contribution >= 0.6 is 22.7 Å². The Bertz CT molecular complexity index is 1150. The molecule has 180 valence electrons. The summed E-state index contributed by atoms with van der Waals surface area (Å²) < 4.78 is 5.60. The molecule has 2 saturated heterocycles. The van der Waals surface area contributed by atoms with Crippen LogP contribution in [-0.4, -0.2) is 56.2 Å². The lowest BCUT2D eigenvalue weighted by molar-refractivity contribution is -0.0316. The van der Waals surface area contributed by atoms with E-state index in [0.717, 1.165) is 41.9 Å². The minimum Gasteiger partial charge on any atom is -0.386 e. The number of aryl methyl sites for hydroxylation is 1. The van der Waals surface area contributed by atoms with E-state index in [4.69, 9.17) is 4.74 Å². The number of nitrogens with zero attached hydrogens (tertiary/aromatic N) is 4. The van der Waals surface area contributed by atoms with Gasteiger partial charge in [0.1, 0.15) is 16.9 Å². The third-order valence-electron chi connectivity index (χ3n) is 6.65. The smallest absolute Gasteiger partial charge is 0.255 e. The van der Waals surface area contributed by atoms with Crippen molar-refractivity contribution in [2.75, 3.05) is 12.4 Å². The van der Waals surface area contributed by atoms with E-state index in [2.05, 4.69) is 25.2 Å². The lowest BCUT2D eigenvalue weighted by Crippen LogP contribution is -2.56. The predicted molar refractivity (Wildman–Crippen MR) is 134 cm³/mol. The number of rotatable bonds is 6. The topological polar surface area (TPSA) is 100 Å². The second-order valence-electron chi connectivity index (χ2n) is 9.02. The number of ether oxygens (including phenoxy) is 1. The third-order valence-corrected chi connectivity index (χ3v) is 8.76. The number of pyridine rings is 1. The van der Waals surface area contributed by atoms with Crippen LogP contribution in [0.1, 0.15) is 66.2 Å².